The second-order valence-corrected chi connectivity index (χ2v) is 5.36. The topological polar surface area (TPSA) is 18.5 Å². The highest BCUT2D eigenvalue weighted by molar-refractivity contribution is 7.80. The molecule has 0 radical (unpaired) electrons. The van der Waals surface area contributed by atoms with Gasteiger partial charge in [-0.05, 0) is 18.6 Å². The van der Waals surface area contributed by atoms with E-state index < -0.39 is 0 Å². The Morgan fingerprint density at radius 3 is 2.27 bits per heavy atom. The van der Waals surface area contributed by atoms with Crippen molar-refractivity contribution in [1.82, 2.24) is 0 Å². The van der Waals surface area contributed by atoms with E-state index in [1.165, 1.54) is 38.5 Å². The highest BCUT2D eigenvalue weighted by Crippen LogP contribution is 2.36. The first-order valence-electron chi connectivity index (χ1n) is 6.15. The van der Waals surface area contributed by atoms with Gasteiger partial charge in [-0.15, -0.1) is 0 Å². The molecule has 0 unspecified atom stereocenters. The number of rotatable bonds is 4. The fraction of sp³-hybridized carbons (Fsp3) is 1.00. The van der Waals surface area contributed by atoms with E-state index in [2.05, 4.69) is 12.6 Å². The first kappa shape index (κ1) is 11.7. The van der Waals surface area contributed by atoms with Gasteiger partial charge >= 0.3 is 0 Å². The molecular weight excluding hydrogens is 208 g/mol. The van der Waals surface area contributed by atoms with E-state index in [1.807, 2.05) is 0 Å². The summed E-state index contributed by atoms with van der Waals surface area (Å²) in [6, 6.07) is 0. The molecule has 1 saturated carbocycles. The number of hydrogen-bond donors (Lipinski definition) is 1. The van der Waals surface area contributed by atoms with Crippen molar-refractivity contribution in [2.45, 2.75) is 44.6 Å². The lowest BCUT2D eigenvalue weighted by Gasteiger charge is -2.35. The van der Waals surface area contributed by atoms with Crippen molar-refractivity contribution in [1.29, 1.82) is 0 Å². The Hall–Kier alpha value is 0.270. The highest BCUT2D eigenvalue weighted by atomic mass is 32.1. The van der Waals surface area contributed by atoms with Crippen LogP contribution in [0.3, 0.4) is 0 Å². The zero-order valence-corrected chi connectivity index (χ0v) is 10.3. The van der Waals surface area contributed by atoms with Crippen LogP contribution in [0.25, 0.3) is 0 Å². The first-order chi connectivity index (χ1) is 7.35. The first-order valence-corrected chi connectivity index (χ1v) is 6.78. The standard InChI is InChI=1S/C12H22O2S/c15-10-12(5-3-1-2-4-6-12)9-14-11-7-13-8-11/h11,15H,1-10H2. The van der Waals surface area contributed by atoms with Crippen LogP contribution in [0.1, 0.15) is 38.5 Å². The van der Waals surface area contributed by atoms with Gasteiger partial charge in [-0.1, -0.05) is 25.7 Å². The third kappa shape index (κ3) is 3.11. The Morgan fingerprint density at radius 1 is 1.13 bits per heavy atom. The lowest BCUT2D eigenvalue weighted by Crippen LogP contribution is -2.40. The molecule has 2 fully saturated rings. The van der Waals surface area contributed by atoms with E-state index in [9.17, 15) is 0 Å². The Morgan fingerprint density at radius 2 is 1.80 bits per heavy atom. The SMILES string of the molecule is SCC1(COC2COC2)CCCCCC1. The monoisotopic (exact) mass is 230 g/mol. The third-order valence-corrected chi connectivity index (χ3v) is 4.40. The van der Waals surface area contributed by atoms with Crippen LogP contribution in [0.15, 0.2) is 0 Å². The third-order valence-electron chi connectivity index (χ3n) is 3.73. The van der Waals surface area contributed by atoms with Gasteiger partial charge in [0, 0.05) is 5.41 Å². The van der Waals surface area contributed by atoms with Crippen LogP contribution in [-0.2, 0) is 9.47 Å². The molecule has 2 aliphatic rings. The number of ether oxygens (including phenoxy) is 2. The predicted octanol–water partition coefficient (Wildman–Crippen LogP) is 2.67. The van der Waals surface area contributed by atoms with Crippen molar-refractivity contribution in [3.63, 3.8) is 0 Å². The van der Waals surface area contributed by atoms with Crippen LogP contribution < -0.4 is 0 Å². The van der Waals surface area contributed by atoms with Gasteiger partial charge < -0.3 is 9.47 Å². The van der Waals surface area contributed by atoms with Gasteiger partial charge in [-0.3, -0.25) is 0 Å². The fourth-order valence-corrected chi connectivity index (χ4v) is 2.84. The molecule has 0 aromatic carbocycles. The van der Waals surface area contributed by atoms with Crippen molar-refractivity contribution in [3.8, 4) is 0 Å². The molecule has 15 heavy (non-hydrogen) atoms. The van der Waals surface area contributed by atoms with E-state index in [0.29, 0.717) is 11.5 Å². The molecule has 88 valence electrons. The lowest BCUT2D eigenvalue weighted by molar-refractivity contribution is -0.145. The summed E-state index contributed by atoms with van der Waals surface area (Å²) < 4.78 is 11.0. The van der Waals surface area contributed by atoms with E-state index in [-0.39, 0.29) is 0 Å². The summed E-state index contributed by atoms with van der Waals surface area (Å²) in [4.78, 5) is 0. The summed E-state index contributed by atoms with van der Waals surface area (Å²) in [6.07, 6.45) is 8.44. The minimum Gasteiger partial charge on any atom is -0.376 e. The van der Waals surface area contributed by atoms with Crippen molar-refractivity contribution in [2.75, 3.05) is 25.6 Å². The summed E-state index contributed by atoms with van der Waals surface area (Å²) in [7, 11) is 0. The molecule has 0 atom stereocenters. The Balaban J connectivity index is 1.81. The van der Waals surface area contributed by atoms with Crippen LogP contribution >= 0.6 is 12.6 Å². The summed E-state index contributed by atoms with van der Waals surface area (Å²) >= 11 is 4.54. The minimum absolute atomic E-state index is 0.356. The molecule has 0 amide bonds. The maximum Gasteiger partial charge on any atom is 0.104 e. The minimum atomic E-state index is 0.356. The normalized spacial score (nSPS) is 27.0. The second kappa shape index (κ2) is 5.55. The molecule has 1 aliphatic heterocycles. The van der Waals surface area contributed by atoms with Gasteiger partial charge in [0.1, 0.15) is 6.10 Å². The van der Waals surface area contributed by atoms with Crippen LogP contribution in [0.5, 0.6) is 0 Å². The zero-order chi connectivity index (χ0) is 10.6. The molecule has 2 rings (SSSR count). The fourth-order valence-electron chi connectivity index (χ4n) is 2.43. The van der Waals surface area contributed by atoms with E-state index >= 15 is 0 Å². The van der Waals surface area contributed by atoms with Crippen LogP contribution in [0.4, 0.5) is 0 Å². The van der Waals surface area contributed by atoms with E-state index in [0.717, 1.165) is 25.6 Å². The van der Waals surface area contributed by atoms with Gasteiger partial charge in [-0.2, -0.15) is 12.6 Å². The maximum absolute atomic E-state index is 5.89. The van der Waals surface area contributed by atoms with Crippen LogP contribution in [0.2, 0.25) is 0 Å². The summed E-state index contributed by atoms with van der Waals surface area (Å²) in [5.41, 5.74) is 0.356. The molecular formula is C12H22O2S. The van der Waals surface area contributed by atoms with Crippen LogP contribution in [0, 0.1) is 5.41 Å². The molecule has 0 N–H and O–H groups in total. The van der Waals surface area contributed by atoms with Gasteiger partial charge in [0.05, 0.1) is 19.8 Å². The molecule has 1 saturated heterocycles. The van der Waals surface area contributed by atoms with Gasteiger partial charge in [0.2, 0.25) is 0 Å². The quantitative estimate of drug-likeness (QED) is 0.591. The van der Waals surface area contributed by atoms with E-state index in [1.54, 1.807) is 0 Å². The zero-order valence-electron chi connectivity index (χ0n) is 9.41. The molecule has 2 nitrogen and oxygen atoms in total. The average molecular weight is 230 g/mol. The Kier molecular flexibility index (Phi) is 4.35. The molecule has 0 spiro atoms. The molecule has 0 aromatic heterocycles. The predicted molar refractivity (Wildman–Crippen MR) is 64.5 cm³/mol. The van der Waals surface area contributed by atoms with Crippen LogP contribution in [-0.4, -0.2) is 31.7 Å². The van der Waals surface area contributed by atoms with Crippen molar-refractivity contribution in [3.05, 3.63) is 0 Å². The van der Waals surface area contributed by atoms with Gasteiger partial charge in [0.15, 0.2) is 0 Å². The van der Waals surface area contributed by atoms with Crippen molar-refractivity contribution in [2.24, 2.45) is 5.41 Å². The Labute approximate surface area is 98.1 Å². The maximum atomic E-state index is 5.89. The van der Waals surface area contributed by atoms with Gasteiger partial charge in [-0.25, -0.2) is 0 Å². The lowest BCUT2D eigenvalue weighted by atomic mass is 9.83. The number of thiol groups is 1. The van der Waals surface area contributed by atoms with Crippen molar-refractivity contribution >= 4 is 12.6 Å². The van der Waals surface area contributed by atoms with E-state index in [4.69, 9.17) is 9.47 Å². The number of hydrogen-bond acceptors (Lipinski definition) is 3. The average Bonchev–Trinajstić information content (AvgIpc) is 2.42. The summed E-state index contributed by atoms with van der Waals surface area (Å²) in [5, 5.41) is 0. The molecule has 1 heterocycles. The summed E-state index contributed by atoms with van der Waals surface area (Å²) in [5.74, 6) is 0.973. The molecule has 0 bridgehead atoms. The summed E-state index contributed by atoms with van der Waals surface area (Å²) in [6.45, 7) is 2.48. The molecule has 3 heteroatoms. The second-order valence-electron chi connectivity index (χ2n) is 5.04. The largest absolute Gasteiger partial charge is 0.376 e. The van der Waals surface area contributed by atoms with Crippen molar-refractivity contribution < 1.29 is 9.47 Å². The highest BCUT2D eigenvalue weighted by Gasteiger charge is 2.32. The molecule has 1 aliphatic carbocycles. The Bertz CT molecular complexity index is 184. The van der Waals surface area contributed by atoms with Gasteiger partial charge in [0.25, 0.3) is 0 Å². The molecule has 0 aromatic rings. The smallest absolute Gasteiger partial charge is 0.104 e.